The van der Waals surface area contributed by atoms with Crippen LogP contribution in [0.3, 0.4) is 0 Å². The Labute approximate surface area is 125 Å². The summed E-state index contributed by atoms with van der Waals surface area (Å²) in [5.74, 6) is -0.821. The fourth-order valence-electron chi connectivity index (χ4n) is 2.05. The zero-order chi connectivity index (χ0) is 15.4. The van der Waals surface area contributed by atoms with Crippen LogP contribution in [-0.4, -0.2) is 23.1 Å². The summed E-state index contributed by atoms with van der Waals surface area (Å²) in [5.41, 5.74) is 0.849. The maximum absolute atomic E-state index is 13.0. The third-order valence-corrected chi connectivity index (χ3v) is 3.10. The number of ether oxygens (including phenoxy) is 1. The number of nitrogens with one attached hydrogen (secondary N) is 1. The Hall–Kier alpha value is -2.76. The summed E-state index contributed by atoms with van der Waals surface area (Å²) in [5, 5.41) is 4.05. The monoisotopic (exact) mass is 301 g/mol. The highest BCUT2D eigenvalue weighted by molar-refractivity contribution is 5.88. The van der Waals surface area contributed by atoms with Gasteiger partial charge in [0.25, 0.3) is 0 Å². The van der Waals surface area contributed by atoms with Gasteiger partial charge in [0.2, 0.25) is 0 Å². The molecule has 2 aromatic carbocycles. The molecule has 0 aliphatic heterocycles. The van der Waals surface area contributed by atoms with Crippen molar-refractivity contribution < 1.29 is 13.5 Å². The van der Waals surface area contributed by atoms with E-state index in [-0.39, 0.29) is 5.75 Å². The summed E-state index contributed by atoms with van der Waals surface area (Å²) in [4.78, 5) is 8.37. The number of aromatic nitrogens is 2. The molecule has 112 valence electrons. The van der Waals surface area contributed by atoms with Gasteiger partial charge in [0.05, 0.1) is 12.1 Å². The molecule has 0 spiro atoms. The highest BCUT2D eigenvalue weighted by atomic mass is 19.2. The minimum atomic E-state index is -0.924. The summed E-state index contributed by atoms with van der Waals surface area (Å²) in [6.07, 6.45) is 1.49. The summed E-state index contributed by atoms with van der Waals surface area (Å²) in [6.45, 7) is 0.767. The number of fused-ring (bicyclic) bond motifs is 1. The van der Waals surface area contributed by atoms with Crippen LogP contribution in [0.15, 0.2) is 48.8 Å². The van der Waals surface area contributed by atoms with E-state index in [1.165, 1.54) is 12.4 Å². The van der Waals surface area contributed by atoms with Crippen LogP contribution in [0.2, 0.25) is 0 Å². The van der Waals surface area contributed by atoms with Crippen molar-refractivity contribution in [1.29, 1.82) is 0 Å². The first kappa shape index (κ1) is 14.2. The molecule has 0 aliphatic rings. The van der Waals surface area contributed by atoms with Crippen LogP contribution >= 0.6 is 0 Å². The van der Waals surface area contributed by atoms with Gasteiger partial charge in [-0.3, -0.25) is 0 Å². The van der Waals surface area contributed by atoms with Crippen molar-refractivity contribution in [3.05, 3.63) is 60.4 Å². The van der Waals surface area contributed by atoms with Crippen LogP contribution in [0.25, 0.3) is 10.9 Å². The molecule has 0 amide bonds. The van der Waals surface area contributed by atoms with Crippen molar-refractivity contribution in [3.8, 4) is 5.75 Å². The molecule has 4 nitrogen and oxygen atoms in total. The number of anilines is 1. The second-order valence-corrected chi connectivity index (χ2v) is 4.59. The van der Waals surface area contributed by atoms with Gasteiger partial charge in [-0.2, -0.15) is 0 Å². The molecule has 3 aromatic rings. The van der Waals surface area contributed by atoms with Crippen molar-refractivity contribution >= 4 is 16.7 Å². The van der Waals surface area contributed by atoms with Gasteiger partial charge < -0.3 is 10.1 Å². The number of halogens is 2. The molecule has 0 aliphatic carbocycles. The number of benzene rings is 2. The van der Waals surface area contributed by atoms with Gasteiger partial charge in [-0.15, -0.1) is 0 Å². The van der Waals surface area contributed by atoms with E-state index in [1.807, 2.05) is 24.3 Å². The summed E-state index contributed by atoms with van der Waals surface area (Å²) < 4.78 is 31.2. The Bertz CT molecular complexity index is 790. The highest BCUT2D eigenvalue weighted by Gasteiger charge is 2.04. The van der Waals surface area contributed by atoms with Crippen molar-refractivity contribution in [2.24, 2.45) is 0 Å². The van der Waals surface area contributed by atoms with Gasteiger partial charge in [0.1, 0.15) is 24.5 Å². The van der Waals surface area contributed by atoms with Gasteiger partial charge in [0.15, 0.2) is 11.6 Å². The minimum absolute atomic E-state index is 0.285. The number of hydrogen-bond donors (Lipinski definition) is 1. The standard InChI is InChI=1S/C16H13F2N3O/c17-13-6-5-11(9-14(13)18)22-8-7-19-16-12-3-1-2-4-15(12)20-10-21-16/h1-6,9-10H,7-8H2,(H,19,20,21). The SMILES string of the molecule is Fc1ccc(OCCNc2ncnc3ccccc23)cc1F. The van der Waals surface area contributed by atoms with Crippen molar-refractivity contribution in [3.63, 3.8) is 0 Å². The Morgan fingerprint density at radius 1 is 1.00 bits per heavy atom. The predicted octanol–water partition coefficient (Wildman–Crippen LogP) is 3.40. The van der Waals surface area contributed by atoms with E-state index in [4.69, 9.17) is 4.74 Å². The number of rotatable bonds is 5. The average Bonchev–Trinajstić information content (AvgIpc) is 2.55. The summed E-state index contributed by atoms with van der Waals surface area (Å²) >= 11 is 0. The van der Waals surface area contributed by atoms with Crippen LogP contribution in [0.5, 0.6) is 5.75 Å². The number of nitrogens with zero attached hydrogens (tertiary/aromatic N) is 2. The summed E-state index contributed by atoms with van der Waals surface area (Å²) in [6, 6.07) is 11.1. The number of hydrogen-bond acceptors (Lipinski definition) is 4. The molecule has 0 bridgehead atoms. The first-order valence-electron chi connectivity index (χ1n) is 6.75. The molecule has 1 N–H and O–H groups in total. The predicted molar refractivity (Wildman–Crippen MR) is 79.9 cm³/mol. The van der Waals surface area contributed by atoms with Gasteiger partial charge in [-0.05, 0) is 24.3 Å². The van der Waals surface area contributed by atoms with E-state index in [2.05, 4.69) is 15.3 Å². The molecule has 0 fully saturated rings. The maximum Gasteiger partial charge on any atom is 0.162 e. The van der Waals surface area contributed by atoms with Gasteiger partial charge in [0, 0.05) is 11.5 Å². The molecular formula is C16H13F2N3O. The van der Waals surface area contributed by atoms with Gasteiger partial charge in [-0.1, -0.05) is 12.1 Å². The molecule has 22 heavy (non-hydrogen) atoms. The lowest BCUT2D eigenvalue weighted by Gasteiger charge is -2.09. The molecule has 3 rings (SSSR count). The number of para-hydroxylation sites is 1. The fourth-order valence-corrected chi connectivity index (χ4v) is 2.05. The third kappa shape index (κ3) is 3.11. The maximum atomic E-state index is 13.0. The van der Waals surface area contributed by atoms with Gasteiger partial charge >= 0.3 is 0 Å². The van der Waals surface area contributed by atoms with E-state index >= 15 is 0 Å². The molecule has 0 saturated heterocycles. The second kappa shape index (κ2) is 6.34. The highest BCUT2D eigenvalue weighted by Crippen LogP contribution is 2.18. The van der Waals surface area contributed by atoms with E-state index in [1.54, 1.807) is 0 Å². The molecule has 1 heterocycles. The van der Waals surface area contributed by atoms with Crippen molar-refractivity contribution in [2.75, 3.05) is 18.5 Å². The van der Waals surface area contributed by atoms with Crippen LogP contribution in [0.4, 0.5) is 14.6 Å². The molecule has 1 aromatic heterocycles. The molecule has 0 unspecified atom stereocenters. The molecule has 0 radical (unpaired) electrons. The largest absolute Gasteiger partial charge is 0.492 e. The van der Waals surface area contributed by atoms with E-state index < -0.39 is 11.6 Å². The van der Waals surface area contributed by atoms with E-state index in [0.717, 1.165) is 23.0 Å². The minimum Gasteiger partial charge on any atom is -0.492 e. The van der Waals surface area contributed by atoms with Crippen LogP contribution < -0.4 is 10.1 Å². The quantitative estimate of drug-likeness (QED) is 0.734. The van der Waals surface area contributed by atoms with Crippen molar-refractivity contribution in [2.45, 2.75) is 0 Å². The lowest BCUT2D eigenvalue weighted by Crippen LogP contribution is -2.12. The fraction of sp³-hybridized carbons (Fsp3) is 0.125. The van der Waals surface area contributed by atoms with Crippen LogP contribution in [-0.2, 0) is 0 Å². The average molecular weight is 301 g/mol. The molecule has 6 heteroatoms. The smallest absolute Gasteiger partial charge is 0.162 e. The lowest BCUT2D eigenvalue weighted by molar-refractivity contribution is 0.329. The molecule has 0 atom stereocenters. The van der Waals surface area contributed by atoms with Gasteiger partial charge in [-0.25, -0.2) is 18.7 Å². The second-order valence-electron chi connectivity index (χ2n) is 4.59. The first-order valence-corrected chi connectivity index (χ1v) is 6.75. The Kier molecular flexibility index (Phi) is 4.09. The zero-order valence-electron chi connectivity index (χ0n) is 11.6. The van der Waals surface area contributed by atoms with E-state index in [0.29, 0.717) is 19.0 Å². The molecular weight excluding hydrogens is 288 g/mol. The summed E-state index contributed by atoms with van der Waals surface area (Å²) in [7, 11) is 0. The lowest BCUT2D eigenvalue weighted by atomic mass is 10.2. The van der Waals surface area contributed by atoms with Crippen molar-refractivity contribution in [1.82, 2.24) is 9.97 Å². The van der Waals surface area contributed by atoms with Crippen LogP contribution in [0, 0.1) is 11.6 Å². The Morgan fingerprint density at radius 2 is 1.86 bits per heavy atom. The normalized spacial score (nSPS) is 10.6. The topological polar surface area (TPSA) is 47.0 Å². The first-order chi connectivity index (χ1) is 10.7. The molecule has 0 saturated carbocycles. The van der Waals surface area contributed by atoms with E-state index in [9.17, 15) is 8.78 Å². The third-order valence-electron chi connectivity index (χ3n) is 3.10. The van der Waals surface area contributed by atoms with Crippen LogP contribution in [0.1, 0.15) is 0 Å². The zero-order valence-corrected chi connectivity index (χ0v) is 11.6. The Morgan fingerprint density at radius 3 is 2.73 bits per heavy atom. The Balaban J connectivity index is 1.59.